The molecule has 2 aromatic rings. The van der Waals surface area contributed by atoms with Crippen LogP contribution in [0.4, 0.5) is 0 Å². The summed E-state index contributed by atoms with van der Waals surface area (Å²) in [5, 5.41) is 1.11. The van der Waals surface area contributed by atoms with E-state index in [4.69, 9.17) is 15.5 Å². The maximum Gasteiger partial charge on any atom is 0.145 e. The molecule has 1 heterocycles. The molecule has 1 aliphatic rings. The molecule has 3 rings (SSSR count). The van der Waals surface area contributed by atoms with Crippen molar-refractivity contribution in [1.82, 2.24) is 4.98 Å². The molecule has 0 amide bonds. The topological polar surface area (TPSA) is 48.1 Å². The second-order valence-corrected chi connectivity index (χ2v) is 4.54. The van der Waals surface area contributed by atoms with E-state index < -0.39 is 0 Å². The van der Waals surface area contributed by atoms with Crippen molar-refractivity contribution >= 4 is 10.9 Å². The van der Waals surface area contributed by atoms with Gasteiger partial charge in [0.15, 0.2) is 0 Å². The molecule has 88 valence electrons. The largest absolute Gasteiger partial charge is 0.494 e. The summed E-state index contributed by atoms with van der Waals surface area (Å²) >= 11 is 0. The number of rotatable bonds is 3. The number of methoxy groups -OCH3 is 1. The molecule has 0 unspecified atom stereocenters. The number of pyridine rings is 1. The van der Waals surface area contributed by atoms with Crippen LogP contribution in [0, 0.1) is 0 Å². The summed E-state index contributed by atoms with van der Waals surface area (Å²) in [6, 6.07) is 8.15. The summed E-state index contributed by atoms with van der Waals surface area (Å²) in [7, 11) is 1.68. The lowest BCUT2D eigenvalue weighted by atomic mass is 10.1. The first-order valence-electron chi connectivity index (χ1n) is 6.00. The number of fused-ring (bicyclic) bond motifs is 1. The maximum atomic E-state index is 5.83. The molecule has 0 radical (unpaired) electrons. The van der Waals surface area contributed by atoms with E-state index in [1.54, 1.807) is 7.11 Å². The SMILES string of the molecule is COc1cccc2c(CN)cc(C3CC3)nc12. The van der Waals surface area contributed by atoms with Crippen LogP contribution in [0.5, 0.6) is 5.75 Å². The number of nitrogens with zero attached hydrogens (tertiary/aromatic N) is 1. The van der Waals surface area contributed by atoms with Crippen molar-refractivity contribution in [3.8, 4) is 5.75 Å². The third-order valence-corrected chi connectivity index (χ3v) is 3.34. The molecule has 1 saturated carbocycles. The average Bonchev–Trinajstić information content (AvgIpc) is 3.20. The standard InChI is InChI=1S/C14H16N2O/c1-17-13-4-2-3-11-10(8-15)7-12(9-5-6-9)16-14(11)13/h2-4,7,9H,5-6,8,15H2,1H3. The number of hydrogen-bond acceptors (Lipinski definition) is 3. The monoisotopic (exact) mass is 228 g/mol. The number of aromatic nitrogens is 1. The lowest BCUT2D eigenvalue weighted by Crippen LogP contribution is -2.01. The van der Waals surface area contributed by atoms with Gasteiger partial charge < -0.3 is 10.5 Å². The molecule has 0 saturated heterocycles. The van der Waals surface area contributed by atoms with Crippen LogP contribution < -0.4 is 10.5 Å². The Balaban J connectivity index is 2.28. The van der Waals surface area contributed by atoms with Crippen LogP contribution in [0.2, 0.25) is 0 Å². The van der Waals surface area contributed by atoms with Gasteiger partial charge in [0.2, 0.25) is 0 Å². The molecule has 0 atom stereocenters. The molecule has 2 N–H and O–H groups in total. The third kappa shape index (κ3) is 1.76. The molecular formula is C14H16N2O. The van der Waals surface area contributed by atoms with Crippen LogP contribution in [0.25, 0.3) is 10.9 Å². The van der Waals surface area contributed by atoms with Crippen LogP contribution >= 0.6 is 0 Å². The van der Waals surface area contributed by atoms with E-state index in [2.05, 4.69) is 12.1 Å². The first-order valence-corrected chi connectivity index (χ1v) is 6.00. The smallest absolute Gasteiger partial charge is 0.145 e. The van der Waals surface area contributed by atoms with Crippen molar-refractivity contribution in [3.05, 3.63) is 35.5 Å². The van der Waals surface area contributed by atoms with E-state index in [1.165, 1.54) is 18.5 Å². The highest BCUT2D eigenvalue weighted by Gasteiger charge is 2.26. The summed E-state index contributed by atoms with van der Waals surface area (Å²) in [6.45, 7) is 0.548. The molecular weight excluding hydrogens is 212 g/mol. The highest BCUT2D eigenvalue weighted by atomic mass is 16.5. The lowest BCUT2D eigenvalue weighted by molar-refractivity contribution is 0.419. The Hall–Kier alpha value is -1.61. The summed E-state index contributed by atoms with van der Waals surface area (Å²) in [5.41, 5.74) is 9.10. The highest BCUT2D eigenvalue weighted by molar-refractivity contribution is 5.87. The Morgan fingerprint density at radius 3 is 2.88 bits per heavy atom. The molecule has 1 aromatic heterocycles. The summed E-state index contributed by atoms with van der Waals surface area (Å²) in [4.78, 5) is 4.74. The van der Waals surface area contributed by atoms with Crippen molar-refractivity contribution in [3.63, 3.8) is 0 Å². The van der Waals surface area contributed by atoms with Crippen LogP contribution in [-0.4, -0.2) is 12.1 Å². The molecule has 0 aliphatic heterocycles. The van der Waals surface area contributed by atoms with Crippen LogP contribution in [0.3, 0.4) is 0 Å². The van der Waals surface area contributed by atoms with Gasteiger partial charge in [-0.25, -0.2) is 4.98 Å². The van der Waals surface area contributed by atoms with Crippen molar-refractivity contribution in [2.24, 2.45) is 5.73 Å². The minimum absolute atomic E-state index is 0.548. The number of benzene rings is 1. The zero-order valence-corrected chi connectivity index (χ0v) is 9.94. The number of ether oxygens (including phenoxy) is 1. The highest BCUT2D eigenvalue weighted by Crippen LogP contribution is 2.41. The Bertz CT molecular complexity index is 561. The zero-order chi connectivity index (χ0) is 11.8. The zero-order valence-electron chi connectivity index (χ0n) is 9.94. The van der Waals surface area contributed by atoms with Crippen molar-refractivity contribution < 1.29 is 4.74 Å². The molecule has 1 aromatic carbocycles. The van der Waals surface area contributed by atoms with Crippen LogP contribution in [0.15, 0.2) is 24.3 Å². The van der Waals surface area contributed by atoms with Gasteiger partial charge in [0.1, 0.15) is 11.3 Å². The fraction of sp³-hybridized carbons (Fsp3) is 0.357. The van der Waals surface area contributed by atoms with Gasteiger partial charge in [-0.05, 0) is 30.5 Å². The van der Waals surface area contributed by atoms with Crippen molar-refractivity contribution in [1.29, 1.82) is 0 Å². The van der Waals surface area contributed by atoms with Crippen molar-refractivity contribution in [2.45, 2.75) is 25.3 Å². The van der Waals surface area contributed by atoms with E-state index >= 15 is 0 Å². The number of hydrogen-bond donors (Lipinski definition) is 1. The molecule has 3 heteroatoms. The lowest BCUT2D eigenvalue weighted by Gasteiger charge is -2.10. The minimum Gasteiger partial charge on any atom is -0.494 e. The Morgan fingerprint density at radius 2 is 2.24 bits per heavy atom. The fourth-order valence-corrected chi connectivity index (χ4v) is 2.24. The first-order chi connectivity index (χ1) is 8.33. The Labute approximate surface area is 101 Å². The van der Waals surface area contributed by atoms with Crippen LogP contribution in [0.1, 0.15) is 30.0 Å². The normalized spacial score (nSPS) is 15.2. The van der Waals surface area contributed by atoms with Gasteiger partial charge >= 0.3 is 0 Å². The number of para-hydroxylation sites is 1. The van der Waals surface area contributed by atoms with Gasteiger partial charge in [-0.2, -0.15) is 0 Å². The molecule has 3 nitrogen and oxygen atoms in total. The van der Waals surface area contributed by atoms with E-state index in [-0.39, 0.29) is 0 Å². The van der Waals surface area contributed by atoms with Gasteiger partial charge in [0.25, 0.3) is 0 Å². The summed E-state index contributed by atoms with van der Waals surface area (Å²) < 4.78 is 5.38. The third-order valence-electron chi connectivity index (χ3n) is 3.34. The first kappa shape index (κ1) is 10.5. The average molecular weight is 228 g/mol. The van der Waals surface area contributed by atoms with E-state index in [0.29, 0.717) is 12.5 Å². The molecule has 0 spiro atoms. The Kier molecular flexibility index (Phi) is 2.48. The van der Waals surface area contributed by atoms with Gasteiger partial charge in [-0.1, -0.05) is 12.1 Å². The van der Waals surface area contributed by atoms with Gasteiger partial charge in [0.05, 0.1) is 7.11 Å². The summed E-state index contributed by atoms with van der Waals surface area (Å²) in [5.74, 6) is 1.47. The fourth-order valence-electron chi connectivity index (χ4n) is 2.24. The minimum atomic E-state index is 0.548. The van der Waals surface area contributed by atoms with E-state index in [9.17, 15) is 0 Å². The second-order valence-electron chi connectivity index (χ2n) is 4.54. The molecule has 1 aliphatic carbocycles. The second kappa shape index (κ2) is 4.00. The van der Waals surface area contributed by atoms with Gasteiger partial charge in [-0.3, -0.25) is 0 Å². The van der Waals surface area contributed by atoms with E-state index in [0.717, 1.165) is 22.2 Å². The predicted octanol–water partition coefficient (Wildman–Crippen LogP) is 2.58. The summed E-state index contributed by atoms with van der Waals surface area (Å²) in [6.07, 6.45) is 2.50. The van der Waals surface area contributed by atoms with E-state index in [1.807, 2.05) is 12.1 Å². The van der Waals surface area contributed by atoms with Crippen molar-refractivity contribution in [2.75, 3.05) is 7.11 Å². The molecule has 17 heavy (non-hydrogen) atoms. The Morgan fingerprint density at radius 1 is 1.41 bits per heavy atom. The quantitative estimate of drug-likeness (QED) is 0.878. The predicted molar refractivity (Wildman–Crippen MR) is 68.2 cm³/mol. The van der Waals surface area contributed by atoms with Gasteiger partial charge in [0, 0.05) is 23.5 Å². The van der Waals surface area contributed by atoms with Gasteiger partial charge in [-0.15, -0.1) is 0 Å². The molecule has 0 bridgehead atoms. The maximum absolute atomic E-state index is 5.83. The molecule has 1 fully saturated rings. The van der Waals surface area contributed by atoms with Crippen LogP contribution in [-0.2, 0) is 6.54 Å². The number of nitrogens with two attached hydrogens (primary N) is 1.